The Labute approximate surface area is 120 Å². The number of rotatable bonds is 6. The van der Waals surface area contributed by atoms with Crippen molar-refractivity contribution in [3.63, 3.8) is 0 Å². The van der Waals surface area contributed by atoms with Crippen molar-refractivity contribution in [1.82, 2.24) is 0 Å². The topological polar surface area (TPSA) is 44.8 Å². The quantitative estimate of drug-likeness (QED) is 0.749. The molecule has 110 valence electrons. The van der Waals surface area contributed by atoms with Crippen LogP contribution in [0, 0.1) is 5.92 Å². The predicted molar refractivity (Wildman–Crippen MR) is 79.6 cm³/mol. The van der Waals surface area contributed by atoms with Gasteiger partial charge in [-0.3, -0.25) is 4.79 Å². The Kier molecular flexibility index (Phi) is 5.62. The molecule has 0 saturated heterocycles. The second kappa shape index (κ2) is 6.98. The van der Waals surface area contributed by atoms with E-state index >= 15 is 0 Å². The van der Waals surface area contributed by atoms with Gasteiger partial charge < -0.3 is 14.2 Å². The van der Waals surface area contributed by atoms with Crippen molar-refractivity contribution < 1.29 is 19.0 Å². The molecule has 1 aromatic carbocycles. The molecule has 0 unspecified atom stereocenters. The molecular weight excluding hydrogens is 256 g/mol. The third kappa shape index (κ3) is 3.53. The molecular formula is C16H22O4. The van der Waals surface area contributed by atoms with Gasteiger partial charge in [-0.15, -0.1) is 0 Å². The summed E-state index contributed by atoms with van der Waals surface area (Å²) in [4.78, 5) is 11.7. The van der Waals surface area contributed by atoms with Gasteiger partial charge in [-0.2, -0.15) is 0 Å². The number of hydrogen-bond donors (Lipinski definition) is 0. The molecule has 0 aromatic heterocycles. The molecule has 0 atom stereocenters. The number of ketones is 1. The summed E-state index contributed by atoms with van der Waals surface area (Å²) in [5, 5.41) is 0. The lowest BCUT2D eigenvalue weighted by Gasteiger charge is -2.14. The number of methoxy groups -OCH3 is 3. The van der Waals surface area contributed by atoms with Gasteiger partial charge in [-0.1, -0.05) is 13.8 Å². The highest BCUT2D eigenvalue weighted by molar-refractivity contribution is 5.98. The van der Waals surface area contributed by atoms with E-state index in [0.29, 0.717) is 17.2 Å². The van der Waals surface area contributed by atoms with Crippen LogP contribution in [0.3, 0.4) is 0 Å². The van der Waals surface area contributed by atoms with Crippen LogP contribution in [0.1, 0.15) is 26.3 Å². The van der Waals surface area contributed by atoms with Crippen LogP contribution in [-0.2, 0) is 4.79 Å². The Morgan fingerprint density at radius 2 is 1.55 bits per heavy atom. The molecule has 0 bridgehead atoms. The number of carbonyl (C=O) groups excluding carboxylic acids is 1. The summed E-state index contributed by atoms with van der Waals surface area (Å²) in [7, 11) is 4.70. The van der Waals surface area contributed by atoms with E-state index in [9.17, 15) is 4.79 Å². The van der Waals surface area contributed by atoms with Crippen molar-refractivity contribution in [2.45, 2.75) is 20.8 Å². The average molecular weight is 278 g/mol. The molecule has 0 fully saturated rings. The van der Waals surface area contributed by atoms with Crippen LogP contribution < -0.4 is 14.2 Å². The maximum atomic E-state index is 11.7. The Bertz CT molecular complexity index is 490. The van der Waals surface area contributed by atoms with Gasteiger partial charge >= 0.3 is 0 Å². The van der Waals surface area contributed by atoms with Crippen LogP contribution in [0.25, 0.3) is 6.08 Å². The fourth-order valence-electron chi connectivity index (χ4n) is 2.04. The Hall–Kier alpha value is -1.97. The zero-order valence-corrected chi connectivity index (χ0v) is 12.9. The minimum absolute atomic E-state index is 0.0637. The van der Waals surface area contributed by atoms with E-state index in [1.165, 1.54) is 0 Å². The van der Waals surface area contributed by atoms with E-state index < -0.39 is 0 Å². The predicted octanol–water partition coefficient (Wildman–Crippen LogP) is 3.34. The molecule has 1 aromatic rings. The highest BCUT2D eigenvalue weighted by Gasteiger charge is 2.14. The van der Waals surface area contributed by atoms with Crippen LogP contribution in [0.5, 0.6) is 17.2 Å². The SMILES string of the molecule is COc1cc(/C=C(/C(C)=O)C(C)C)cc(OC)c1OC. The standard InChI is InChI=1S/C16H22O4/c1-10(2)13(11(3)17)7-12-8-14(18-4)16(20-6)15(9-12)19-5/h7-10H,1-6H3/b13-7+. The van der Waals surface area contributed by atoms with Crippen LogP contribution in [0.15, 0.2) is 17.7 Å². The number of allylic oxidation sites excluding steroid dienone is 1. The van der Waals surface area contributed by atoms with Crippen LogP contribution in [-0.4, -0.2) is 27.1 Å². The van der Waals surface area contributed by atoms with Gasteiger partial charge in [-0.25, -0.2) is 0 Å². The molecule has 0 radical (unpaired) electrons. The van der Waals surface area contributed by atoms with Gasteiger partial charge in [0, 0.05) is 0 Å². The molecule has 4 nitrogen and oxygen atoms in total. The van der Waals surface area contributed by atoms with Gasteiger partial charge in [-0.05, 0) is 42.2 Å². The van der Waals surface area contributed by atoms with Crippen LogP contribution in [0.2, 0.25) is 0 Å². The van der Waals surface area contributed by atoms with Crippen molar-refractivity contribution in [2.24, 2.45) is 5.92 Å². The molecule has 0 aliphatic heterocycles. The van der Waals surface area contributed by atoms with E-state index in [1.807, 2.05) is 32.1 Å². The molecule has 20 heavy (non-hydrogen) atoms. The zero-order chi connectivity index (χ0) is 15.3. The van der Waals surface area contributed by atoms with Crippen molar-refractivity contribution >= 4 is 11.9 Å². The third-order valence-electron chi connectivity index (χ3n) is 3.04. The lowest BCUT2D eigenvalue weighted by molar-refractivity contribution is -0.113. The zero-order valence-electron chi connectivity index (χ0n) is 12.9. The first-order chi connectivity index (χ1) is 9.44. The van der Waals surface area contributed by atoms with E-state index in [4.69, 9.17) is 14.2 Å². The maximum absolute atomic E-state index is 11.7. The highest BCUT2D eigenvalue weighted by atomic mass is 16.5. The molecule has 0 aliphatic carbocycles. The summed E-state index contributed by atoms with van der Waals surface area (Å²) in [6.07, 6.45) is 1.86. The minimum Gasteiger partial charge on any atom is -0.493 e. The number of hydrogen-bond acceptors (Lipinski definition) is 4. The lowest BCUT2D eigenvalue weighted by Crippen LogP contribution is -2.04. The van der Waals surface area contributed by atoms with Crippen molar-refractivity contribution in [1.29, 1.82) is 0 Å². The van der Waals surface area contributed by atoms with Crippen LogP contribution in [0.4, 0.5) is 0 Å². The molecule has 4 heteroatoms. The van der Waals surface area contributed by atoms with Gasteiger partial charge in [0.05, 0.1) is 21.3 Å². The van der Waals surface area contributed by atoms with E-state index in [2.05, 4.69) is 0 Å². The van der Waals surface area contributed by atoms with Crippen molar-refractivity contribution in [2.75, 3.05) is 21.3 Å². The molecule has 0 aliphatic rings. The molecule has 0 amide bonds. The first-order valence-electron chi connectivity index (χ1n) is 6.47. The summed E-state index contributed by atoms with van der Waals surface area (Å²) < 4.78 is 15.9. The monoisotopic (exact) mass is 278 g/mol. The number of ether oxygens (including phenoxy) is 3. The first kappa shape index (κ1) is 16.1. The van der Waals surface area contributed by atoms with Crippen LogP contribution >= 0.6 is 0 Å². The second-order valence-electron chi connectivity index (χ2n) is 4.77. The normalized spacial score (nSPS) is 11.4. The third-order valence-corrected chi connectivity index (χ3v) is 3.04. The Morgan fingerprint density at radius 3 is 1.85 bits per heavy atom. The van der Waals surface area contributed by atoms with Gasteiger partial charge in [0.25, 0.3) is 0 Å². The van der Waals surface area contributed by atoms with Gasteiger partial charge in [0.15, 0.2) is 17.3 Å². The molecule has 0 N–H and O–H groups in total. The summed E-state index contributed by atoms with van der Waals surface area (Å²) in [6.45, 7) is 5.56. The smallest absolute Gasteiger partial charge is 0.203 e. The summed E-state index contributed by atoms with van der Waals surface area (Å²) in [6, 6.07) is 3.65. The number of benzene rings is 1. The number of Topliss-reactive ketones (excluding diaryl/α,β-unsaturated/α-hetero) is 1. The molecule has 0 heterocycles. The average Bonchev–Trinajstić information content (AvgIpc) is 2.42. The fraction of sp³-hybridized carbons (Fsp3) is 0.438. The number of carbonyl (C=O) groups is 1. The van der Waals surface area contributed by atoms with Gasteiger partial charge in [0.1, 0.15) is 0 Å². The Balaban J connectivity index is 3.39. The molecule has 0 saturated carbocycles. The summed E-state index contributed by atoms with van der Waals surface area (Å²) in [5.41, 5.74) is 1.61. The Morgan fingerprint density at radius 1 is 1.05 bits per heavy atom. The van der Waals surface area contributed by atoms with Crippen molar-refractivity contribution in [3.05, 3.63) is 23.3 Å². The minimum atomic E-state index is 0.0637. The summed E-state index contributed by atoms with van der Waals surface area (Å²) >= 11 is 0. The van der Waals surface area contributed by atoms with E-state index in [0.717, 1.165) is 11.1 Å². The van der Waals surface area contributed by atoms with Crippen molar-refractivity contribution in [3.8, 4) is 17.2 Å². The first-order valence-corrected chi connectivity index (χ1v) is 6.47. The maximum Gasteiger partial charge on any atom is 0.203 e. The van der Waals surface area contributed by atoms with E-state index in [1.54, 1.807) is 28.3 Å². The summed E-state index contributed by atoms with van der Waals surface area (Å²) in [5.74, 6) is 1.91. The second-order valence-corrected chi connectivity index (χ2v) is 4.77. The molecule has 0 spiro atoms. The lowest BCUT2D eigenvalue weighted by atomic mass is 9.97. The van der Waals surface area contributed by atoms with E-state index in [-0.39, 0.29) is 11.7 Å². The molecule has 1 rings (SSSR count). The largest absolute Gasteiger partial charge is 0.493 e. The highest BCUT2D eigenvalue weighted by Crippen LogP contribution is 2.38. The fourth-order valence-corrected chi connectivity index (χ4v) is 2.04. The van der Waals surface area contributed by atoms with Gasteiger partial charge in [0.2, 0.25) is 5.75 Å².